The molecule has 5 nitrogen and oxygen atoms in total. The molecule has 0 spiro atoms. The van der Waals surface area contributed by atoms with E-state index >= 15 is 0 Å². The van der Waals surface area contributed by atoms with Gasteiger partial charge in [0, 0.05) is 29.3 Å². The van der Waals surface area contributed by atoms with Gasteiger partial charge in [0.05, 0.1) is 0 Å². The van der Waals surface area contributed by atoms with Gasteiger partial charge in [-0.1, -0.05) is 18.2 Å². The number of aliphatic carboxylic acids is 1. The van der Waals surface area contributed by atoms with Crippen molar-refractivity contribution in [2.75, 3.05) is 25.4 Å². The first-order chi connectivity index (χ1) is 13.4. The summed E-state index contributed by atoms with van der Waals surface area (Å²) in [5.74, 6) is 1.05. The number of carboxylic acids is 1. The fraction of sp³-hybridized carbons (Fsp3) is 0.364. The monoisotopic (exact) mass is 399 g/mol. The molecule has 1 unspecified atom stereocenters. The molecule has 6 heteroatoms. The fourth-order valence-corrected chi connectivity index (χ4v) is 4.55. The van der Waals surface area contributed by atoms with Crippen molar-refractivity contribution in [3.8, 4) is 5.75 Å². The van der Waals surface area contributed by atoms with E-state index in [1.54, 1.807) is 12.1 Å². The van der Waals surface area contributed by atoms with Crippen molar-refractivity contribution in [2.24, 2.45) is 5.92 Å². The molecule has 0 saturated carbocycles. The highest BCUT2D eigenvalue weighted by Crippen LogP contribution is 2.29. The number of hydrogen-bond donors (Lipinski definition) is 1. The van der Waals surface area contributed by atoms with Crippen LogP contribution in [0.2, 0.25) is 0 Å². The van der Waals surface area contributed by atoms with Crippen LogP contribution in [0.3, 0.4) is 0 Å². The summed E-state index contributed by atoms with van der Waals surface area (Å²) in [7, 11) is 0. The first-order valence-electron chi connectivity index (χ1n) is 9.37. The van der Waals surface area contributed by atoms with E-state index in [2.05, 4.69) is 12.1 Å². The third-order valence-corrected chi connectivity index (χ3v) is 6.09. The quantitative estimate of drug-likeness (QED) is 0.712. The van der Waals surface area contributed by atoms with Gasteiger partial charge in [-0.05, 0) is 61.6 Å². The Bertz CT molecular complexity index is 830. The first-order valence-corrected chi connectivity index (χ1v) is 10.4. The molecule has 2 aromatic rings. The van der Waals surface area contributed by atoms with Crippen LogP contribution in [0.25, 0.3) is 0 Å². The molecule has 148 valence electrons. The molecule has 0 aliphatic carbocycles. The zero-order chi connectivity index (χ0) is 20.1. The topological polar surface area (TPSA) is 66.8 Å². The van der Waals surface area contributed by atoms with E-state index < -0.39 is 5.97 Å². The van der Waals surface area contributed by atoms with Crippen molar-refractivity contribution in [1.82, 2.24) is 4.90 Å². The second-order valence-corrected chi connectivity index (χ2v) is 8.24. The molecule has 0 radical (unpaired) electrons. The molecule has 1 amide bonds. The molecule has 1 N–H and O–H groups in total. The van der Waals surface area contributed by atoms with Gasteiger partial charge in [-0.3, -0.25) is 4.79 Å². The van der Waals surface area contributed by atoms with E-state index in [9.17, 15) is 9.59 Å². The summed E-state index contributed by atoms with van der Waals surface area (Å²) in [6.45, 7) is 4.83. The van der Waals surface area contributed by atoms with Gasteiger partial charge in [0.1, 0.15) is 5.75 Å². The number of likely N-dealkylation sites (tertiary alicyclic amines) is 1. The van der Waals surface area contributed by atoms with Crippen LogP contribution in [0.5, 0.6) is 5.75 Å². The lowest BCUT2D eigenvalue weighted by Gasteiger charge is -2.19. The molecule has 0 aromatic heterocycles. The summed E-state index contributed by atoms with van der Waals surface area (Å²) in [6, 6.07) is 13.9. The third kappa shape index (κ3) is 5.07. The summed E-state index contributed by atoms with van der Waals surface area (Å²) in [4.78, 5) is 26.8. The Kier molecular flexibility index (Phi) is 6.62. The van der Waals surface area contributed by atoms with Crippen molar-refractivity contribution >= 4 is 23.6 Å². The van der Waals surface area contributed by atoms with Crippen LogP contribution in [0.4, 0.5) is 0 Å². The zero-order valence-corrected chi connectivity index (χ0v) is 17.0. The Labute approximate surface area is 169 Å². The van der Waals surface area contributed by atoms with E-state index in [0.29, 0.717) is 17.2 Å². The van der Waals surface area contributed by atoms with E-state index in [1.165, 1.54) is 4.90 Å². The van der Waals surface area contributed by atoms with Crippen molar-refractivity contribution < 1.29 is 19.4 Å². The third-order valence-electron chi connectivity index (χ3n) is 4.85. The number of carboxylic acid groups (broad SMARTS) is 1. The summed E-state index contributed by atoms with van der Waals surface area (Å²) < 4.78 is 5.35. The predicted molar refractivity (Wildman–Crippen MR) is 110 cm³/mol. The fourth-order valence-electron chi connectivity index (χ4n) is 3.50. The zero-order valence-electron chi connectivity index (χ0n) is 16.2. The standard InChI is InChI=1S/C22H25NO4S/c1-15-10-18(11-16(2)21(15)27-13-20(24)25)22(26)23-9-8-17(12-23)14-28-19-6-4-3-5-7-19/h3-7,10-11,17H,8-9,12-14H2,1-2H3,(H,24,25). The van der Waals surface area contributed by atoms with E-state index in [-0.39, 0.29) is 12.5 Å². The molecule has 1 saturated heterocycles. The molecule has 2 aromatic carbocycles. The summed E-state index contributed by atoms with van der Waals surface area (Å²) in [6.07, 6.45) is 1.02. The smallest absolute Gasteiger partial charge is 0.341 e. The Morgan fingerprint density at radius 2 is 1.86 bits per heavy atom. The number of thioether (sulfide) groups is 1. The first kappa shape index (κ1) is 20.3. The van der Waals surface area contributed by atoms with Crippen LogP contribution in [0.15, 0.2) is 47.4 Å². The highest BCUT2D eigenvalue weighted by Gasteiger charge is 2.27. The average molecular weight is 400 g/mol. The molecule has 28 heavy (non-hydrogen) atoms. The number of ether oxygens (including phenoxy) is 1. The number of carbonyl (C=O) groups excluding carboxylic acids is 1. The Morgan fingerprint density at radius 1 is 1.18 bits per heavy atom. The van der Waals surface area contributed by atoms with Gasteiger partial charge < -0.3 is 14.7 Å². The van der Waals surface area contributed by atoms with Crippen LogP contribution in [-0.4, -0.2) is 47.3 Å². The summed E-state index contributed by atoms with van der Waals surface area (Å²) >= 11 is 1.84. The van der Waals surface area contributed by atoms with Crippen molar-refractivity contribution in [1.29, 1.82) is 0 Å². The lowest BCUT2D eigenvalue weighted by molar-refractivity contribution is -0.139. The van der Waals surface area contributed by atoms with Gasteiger partial charge in [-0.15, -0.1) is 11.8 Å². The molecule has 1 fully saturated rings. The SMILES string of the molecule is Cc1cc(C(=O)N2CCC(CSc3ccccc3)C2)cc(C)c1OCC(=O)O. The Hall–Kier alpha value is -2.47. The number of amides is 1. The molecule has 1 aliphatic rings. The molecule has 1 aliphatic heterocycles. The molecule has 3 rings (SSSR count). The van der Waals surface area contributed by atoms with Gasteiger partial charge >= 0.3 is 5.97 Å². The van der Waals surface area contributed by atoms with Crippen molar-refractivity contribution in [2.45, 2.75) is 25.2 Å². The average Bonchev–Trinajstić information content (AvgIpc) is 3.14. The van der Waals surface area contributed by atoms with Gasteiger partial charge in [0.15, 0.2) is 6.61 Å². The molecular weight excluding hydrogens is 374 g/mol. The minimum atomic E-state index is -1.02. The predicted octanol–water partition coefficient (Wildman–Crippen LogP) is 4.02. The normalized spacial score (nSPS) is 16.2. The van der Waals surface area contributed by atoms with Gasteiger partial charge in [0.2, 0.25) is 0 Å². The van der Waals surface area contributed by atoms with E-state index in [1.807, 2.05) is 48.7 Å². The second kappa shape index (κ2) is 9.15. The molecular formula is C22H25NO4S. The molecule has 1 atom stereocenters. The molecule has 1 heterocycles. The second-order valence-electron chi connectivity index (χ2n) is 7.15. The number of nitrogens with zero attached hydrogens (tertiary/aromatic N) is 1. The number of benzene rings is 2. The van der Waals surface area contributed by atoms with E-state index in [0.717, 1.165) is 36.4 Å². The highest BCUT2D eigenvalue weighted by atomic mass is 32.2. The minimum absolute atomic E-state index is 0.0307. The highest BCUT2D eigenvalue weighted by molar-refractivity contribution is 7.99. The van der Waals surface area contributed by atoms with Crippen LogP contribution < -0.4 is 4.74 Å². The molecule has 0 bridgehead atoms. The van der Waals surface area contributed by atoms with Crippen LogP contribution >= 0.6 is 11.8 Å². The number of hydrogen-bond acceptors (Lipinski definition) is 4. The van der Waals surface area contributed by atoms with Gasteiger partial charge in [0.25, 0.3) is 5.91 Å². The summed E-state index contributed by atoms with van der Waals surface area (Å²) in [5.41, 5.74) is 2.19. The number of rotatable bonds is 7. The number of carbonyl (C=O) groups is 2. The lowest BCUT2D eigenvalue weighted by Crippen LogP contribution is -2.29. The van der Waals surface area contributed by atoms with Crippen molar-refractivity contribution in [3.05, 3.63) is 59.2 Å². The maximum atomic E-state index is 12.9. The van der Waals surface area contributed by atoms with Crippen molar-refractivity contribution in [3.63, 3.8) is 0 Å². The Balaban J connectivity index is 1.60. The maximum Gasteiger partial charge on any atom is 0.341 e. The Morgan fingerprint density at radius 3 is 2.50 bits per heavy atom. The van der Waals surface area contributed by atoms with Gasteiger partial charge in [-0.2, -0.15) is 0 Å². The number of aryl methyl sites for hydroxylation is 2. The van der Waals surface area contributed by atoms with Gasteiger partial charge in [-0.25, -0.2) is 4.79 Å². The minimum Gasteiger partial charge on any atom is -0.481 e. The van der Waals surface area contributed by atoms with Crippen LogP contribution in [0.1, 0.15) is 27.9 Å². The van der Waals surface area contributed by atoms with Crippen LogP contribution in [-0.2, 0) is 4.79 Å². The maximum absolute atomic E-state index is 12.9. The van der Waals surface area contributed by atoms with Crippen LogP contribution in [0, 0.1) is 19.8 Å². The largest absolute Gasteiger partial charge is 0.481 e. The summed E-state index contributed by atoms with van der Waals surface area (Å²) in [5, 5.41) is 8.80. The lowest BCUT2D eigenvalue weighted by atomic mass is 10.0. The van der Waals surface area contributed by atoms with E-state index in [4.69, 9.17) is 9.84 Å².